The molecule has 0 saturated heterocycles. The molecule has 2 aromatic heterocycles. The topological polar surface area (TPSA) is 53.9 Å². The molecule has 2 heterocycles. The molecular weight excluding hydrogens is 487 g/mol. The van der Waals surface area contributed by atoms with Crippen LogP contribution in [0.2, 0.25) is 0 Å². The predicted octanol–water partition coefficient (Wildman–Crippen LogP) is 7.13. The Bertz CT molecular complexity index is 1370. The van der Waals surface area contributed by atoms with Crippen molar-refractivity contribution >= 4 is 16.7 Å². The number of alkyl halides is 3. The molecule has 0 aliphatic heterocycles. The molecule has 1 N–H and O–H groups in total. The third-order valence-corrected chi connectivity index (χ3v) is 7.27. The van der Waals surface area contributed by atoms with E-state index in [-0.39, 0.29) is 5.69 Å². The van der Waals surface area contributed by atoms with Gasteiger partial charge < -0.3 is 5.32 Å². The van der Waals surface area contributed by atoms with E-state index < -0.39 is 11.7 Å². The first kappa shape index (κ1) is 26.1. The van der Waals surface area contributed by atoms with Crippen molar-refractivity contribution in [2.24, 2.45) is 0 Å². The Balaban J connectivity index is 1.49. The number of pyridine rings is 1. The van der Waals surface area contributed by atoms with E-state index in [2.05, 4.69) is 34.4 Å². The Hall–Kier alpha value is -3.52. The van der Waals surface area contributed by atoms with Gasteiger partial charge in [0.2, 0.25) is 0 Å². The number of benzene rings is 2. The number of fused-ring (bicyclic) bond motifs is 1. The second-order valence-corrected chi connectivity index (χ2v) is 9.99. The summed E-state index contributed by atoms with van der Waals surface area (Å²) in [6.45, 7) is 1.25. The normalized spacial score (nSPS) is 14.8. The van der Waals surface area contributed by atoms with Crippen molar-refractivity contribution < 1.29 is 13.2 Å². The van der Waals surface area contributed by atoms with Gasteiger partial charge in [-0.05, 0) is 56.1 Å². The fraction of sp³-hybridized carbons (Fsp3) is 0.367. The van der Waals surface area contributed by atoms with Gasteiger partial charge in [0.15, 0.2) is 0 Å². The standard InChI is InChI=1S/C30H32F3N5/c1-38(23-11-6-3-7-12-23)20-27-36-26-19-22(28-25(30(31,32)33)13-8-17-34-28)14-15-24(26)29(37-27)35-18-16-21-9-4-2-5-10-21/h2,4-5,8-10,13-15,17,19,23H,3,6-7,11-12,16,18,20H2,1H3,(H,35,36,37). The maximum absolute atomic E-state index is 13.7. The average molecular weight is 520 g/mol. The van der Waals surface area contributed by atoms with E-state index in [9.17, 15) is 13.2 Å². The van der Waals surface area contributed by atoms with Crippen LogP contribution in [-0.2, 0) is 19.1 Å². The minimum Gasteiger partial charge on any atom is -0.369 e. The molecule has 0 amide bonds. The van der Waals surface area contributed by atoms with Crippen molar-refractivity contribution in [3.05, 3.63) is 83.8 Å². The molecule has 198 valence electrons. The molecule has 38 heavy (non-hydrogen) atoms. The predicted molar refractivity (Wildman–Crippen MR) is 145 cm³/mol. The Morgan fingerprint density at radius 3 is 2.50 bits per heavy atom. The highest BCUT2D eigenvalue weighted by Gasteiger charge is 2.34. The van der Waals surface area contributed by atoms with Crippen LogP contribution in [0.4, 0.5) is 19.0 Å². The minimum atomic E-state index is -4.50. The molecule has 2 aromatic carbocycles. The van der Waals surface area contributed by atoms with Gasteiger partial charge in [0.25, 0.3) is 0 Å². The quantitative estimate of drug-likeness (QED) is 0.268. The van der Waals surface area contributed by atoms with E-state index in [4.69, 9.17) is 9.97 Å². The zero-order valence-corrected chi connectivity index (χ0v) is 21.5. The molecule has 1 aliphatic carbocycles. The van der Waals surface area contributed by atoms with Crippen LogP contribution in [0.3, 0.4) is 0 Å². The summed E-state index contributed by atoms with van der Waals surface area (Å²) in [7, 11) is 2.10. The van der Waals surface area contributed by atoms with Gasteiger partial charge in [-0.3, -0.25) is 9.88 Å². The van der Waals surface area contributed by atoms with Gasteiger partial charge in [-0.25, -0.2) is 9.97 Å². The Kier molecular flexibility index (Phi) is 7.88. The van der Waals surface area contributed by atoms with Crippen LogP contribution in [0.15, 0.2) is 66.9 Å². The van der Waals surface area contributed by atoms with E-state index in [1.165, 1.54) is 37.1 Å². The molecule has 0 unspecified atom stereocenters. The zero-order valence-electron chi connectivity index (χ0n) is 21.5. The van der Waals surface area contributed by atoms with Gasteiger partial charge in [-0.15, -0.1) is 0 Å². The van der Waals surface area contributed by atoms with Gasteiger partial charge in [0.1, 0.15) is 11.6 Å². The molecular formula is C30H32F3N5. The lowest BCUT2D eigenvalue weighted by molar-refractivity contribution is -0.137. The molecule has 0 bridgehead atoms. The molecule has 1 aliphatic rings. The molecule has 1 fully saturated rings. The molecule has 8 heteroatoms. The first-order valence-electron chi connectivity index (χ1n) is 13.2. The summed E-state index contributed by atoms with van der Waals surface area (Å²) >= 11 is 0. The number of anilines is 1. The van der Waals surface area contributed by atoms with Crippen molar-refractivity contribution in [2.45, 2.75) is 57.3 Å². The zero-order chi connectivity index (χ0) is 26.5. The third-order valence-electron chi connectivity index (χ3n) is 7.27. The smallest absolute Gasteiger partial charge is 0.369 e. The highest BCUT2D eigenvalue weighted by molar-refractivity contribution is 5.92. The Morgan fingerprint density at radius 2 is 1.74 bits per heavy atom. The number of aromatic nitrogens is 3. The summed E-state index contributed by atoms with van der Waals surface area (Å²) in [5, 5.41) is 4.23. The molecule has 0 atom stereocenters. The van der Waals surface area contributed by atoms with Crippen LogP contribution in [0, 0.1) is 0 Å². The molecule has 0 spiro atoms. The first-order valence-corrected chi connectivity index (χ1v) is 13.2. The number of halogens is 3. The number of nitrogens with zero attached hydrogens (tertiary/aromatic N) is 4. The highest BCUT2D eigenvalue weighted by Crippen LogP contribution is 2.37. The van der Waals surface area contributed by atoms with Crippen molar-refractivity contribution in [3.8, 4) is 11.3 Å². The monoisotopic (exact) mass is 519 g/mol. The lowest BCUT2D eigenvalue weighted by Crippen LogP contribution is -2.33. The van der Waals surface area contributed by atoms with Crippen molar-refractivity contribution in [1.29, 1.82) is 0 Å². The van der Waals surface area contributed by atoms with E-state index in [0.29, 0.717) is 41.9 Å². The average Bonchev–Trinajstić information content (AvgIpc) is 2.93. The SMILES string of the molecule is CN(Cc1nc(NCCc2ccccc2)c2ccc(-c3ncccc3C(F)(F)F)cc2n1)C1CCCCC1. The second-order valence-electron chi connectivity index (χ2n) is 9.99. The third kappa shape index (κ3) is 6.13. The van der Waals surface area contributed by atoms with Crippen molar-refractivity contribution in [3.63, 3.8) is 0 Å². The van der Waals surface area contributed by atoms with Crippen LogP contribution in [-0.4, -0.2) is 39.5 Å². The first-order chi connectivity index (χ1) is 18.4. The summed E-state index contributed by atoms with van der Waals surface area (Å²) in [4.78, 5) is 16.1. The van der Waals surface area contributed by atoms with Gasteiger partial charge in [0, 0.05) is 29.7 Å². The summed E-state index contributed by atoms with van der Waals surface area (Å²) in [5.41, 5.74) is 1.34. The van der Waals surface area contributed by atoms with E-state index in [1.54, 1.807) is 18.2 Å². The van der Waals surface area contributed by atoms with E-state index in [0.717, 1.165) is 30.7 Å². The molecule has 5 nitrogen and oxygen atoms in total. The number of nitrogens with one attached hydrogen (secondary N) is 1. The lowest BCUT2D eigenvalue weighted by atomic mass is 9.94. The molecule has 1 saturated carbocycles. The number of rotatable bonds is 8. The Morgan fingerprint density at radius 1 is 0.947 bits per heavy atom. The summed E-state index contributed by atoms with van der Waals surface area (Å²) < 4.78 is 41.1. The lowest BCUT2D eigenvalue weighted by Gasteiger charge is -2.30. The van der Waals surface area contributed by atoms with Crippen molar-refractivity contribution in [1.82, 2.24) is 19.9 Å². The van der Waals surface area contributed by atoms with Crippen LogP contribution in [0.25, 0.3) is 22.2 Å². The van der Waals surface area contributed by atoms with Gasteiger partial charge >= 0.3 is 6.18 Å². The minimum absolute atomic E-state index is 0.0972. The fourth-order valence-corrected chi connectivity index (χ4v) is 5.24. The van der Waals surface area contributed by atoms with Crippen molar-refractivity contribution in [2.75, 3.05) is 18.9 Å². The van der Waals surface area contributed by atoms with Crippen LogP contribution < -0.4 is 5.32 Å². The van der Waals surface area contributed by atoms with Gasteiger partial charge in [-0.1, -0.05) is 55.7 Å². The van der Waals surface area contributed by atoms with Gasteiger partial charge in [-0.2, -0.15) is 13.2 Å². The summed E-state index contributed by atoms with van der Waals surface area (Å²) in [6.07, 6.45) is 3.78. The maximum atomic E-state index is 13.7. The summed E-state index contributed by atoms with van der Waals surface area (Å²) in [5.74, 6) is 1.35. The highest BCUT2D eigenvalue weighted by atomic mass is 19.4. The van der Waals surface area contributed by atoms with Crippen LogP contribution in [0.5, 0.6) is 0 Å². The maximum Gasteiger partial charge on any atom is 0.418 e. The number of hydrogen-bond acceptors (Lipinski definition) is 5. The van der Waals surface area contributed by atoms with Crippen LogP contribution >= 0.6 is 0 Å². The molecule has 0 radical (unpaired) electrons. The van der Waals surface area contributed by atoms with Crippen LogP contribution in [0.1, 0.15) is 49.1 Å². The second kappa shape index (κ2) is 11.5. The van der Waals surface area contributed by atoms with E-state index >= 15 is 0 Å². The number of hydrogen-bond donors (Lipinski definition) is 1. The molecule has 4 aromatic rings. The largest absolute Gasteiger partial charge is 0.418 e. The van der Waals surface area contributed by atoms with E-state index in [1.807, 2.05) is 18.2 Å². The molecule has 5 rings (SSSR count). The van der Waals surface area contributed by atoms with Gasteiger partial charge in [0.05, 0.1) is 23.3 Å². The fourth-order valence-electron chi connectivity index (χ4n) is 5.24. The Labute approximate surface area is 221 Å². The summed E-state index contributed by atoms with van der Waals surface area (Å²) in [6, 6.07) is 18.2.